The zero-order valence-electron chi connectivity index (χ0n) is 21.2. The van der Waals surface area contributed by atoms with Crippen molar-refractivity contribution in [3.63, 3.8) is 0 Å². The van der Waals surface area contributed by atoms with Gasteiger partial charge in [-0.2, -0.15) is 0 Å². The fourth-order valence-electron chi connectivity index (χ4n) is 5.88. The second kappa shape index (κ2) is 11.8. The number of allylic oxidation sites excluding steroid dienone is 2. The molecule has 2 amide bonds. The Morgan fingerprint density at radius 3 is 2.57 bits per heavy atom. The highest BCUT2D eigenvalue weighted by atomic mass is 79.9. The summed E-state index contributed by atoms with van der Waals surface area (Å²) in [6.45, 7) is 1.76. The minimum atomic E-state index is -0.864. The van der Waals surface area contributed by atoms with Gasteiger partial charge in [0.05, 0.1) is 24.5 Å². The second-order valence-electron chi connectivity index (χ2n) is 9.96. The summed E-state index contributed by atoms with van der Waals surface area (Å²) in [7, 11) is 1.50. The molecular formula is C30H34BrNO5. The minimum Gasteiger partial charge on any atom is -0.507 e. The van der Waals surface area contributed by atoms with E-state index in [4.69, 9.17) is 0 Å². The van der Waals surface area contributed by atoms with Crippen LogP contribution in [-0.2, 0) is 9.59 Å². The largest absolute Gasteiger partial charge is 0.507 e. The number of fused-ring (bicyclic) bond motifs is 1. The first kappa shape index (κ1) is 27.3. The number of amides is 2. The van der Waals surface area contributed by atoms with Crippen molar-refractivity contribution < 1.29 is 24.9 Å². The van der Waals surface area contributed by atoms with Gasteiger partial charge in [-0.15, -0.1) is 0 Å². The Kier molecular flexibility index (Phi) is 8.67. The van der Waals surface area contributed by atoms with E-state index in [0.29, 0.717) is 31.2 Å². The Morgan fingerprint density at radius 2 is 1.89 bits per heavy atom. The summed E-state index contributed by atoms with van der Waals surface area (Å²) in [5.74, 6) is -1.97. The first-order valence-electron chi connectivity index (χ1n) is 12.8. The molecule has 1 heterocycles. The van der Waals surface area contributed by atoms with Crippen LogP contribution in [0.2, 0.25) is 0 Å². The molecule has 0 spiro atoms. The van der Waals surface area contributed by atoms with Gasteiger partial charge < -0.3 is 15.3 Å². The minimum absolute atomic E-state index is 0.164. The number of phenolic OH excluding ortho intramolecular Hbond substituents is 1. The lowest BCUT2D eigenvalue weighted by molar-refractivity contribution is -0.138. The van der Waals surface area contributed by atoms with Crippen LogP contribution in [-0.4, -0.2) is 51.8 Å². The summed E-state index contributed by atoms with van der Waals surface area (Å²) in [5.41, 5.74) is 4.31. The second-order valence-corrected chi connectivity index (χ2v) is 10.9. The standard InChI is InChI=1S/C30H34BrNO5/c1-3-7-20-16-23-28(30(37)32(2)29(23)36)24(17-33)27(20)26(35)12-10-19(18-8-5-4-6-9-18)14-21-15-22(31)11-13-25(21)34/h4-6,8-9,11,13-15,23-24,26,28,33-35H,3,7,10,12,16-17H2,1-2H3/b19-14-/t23-,24+,26-,28-/m1/s1. The number of aliphatic hydroxyl groups is 2. The van der Waals surface area contributed by atoms with Gasteiger partial charge in [0.1, 0.15) is 5.75 Å². The maximum Gasteiger partial charge on any atom is 0.233 e. The lowest BCUT2D eigenvalue weighted by Gasteiger charge is -2.36. The molecule has 37 heavy (non-hydrogen) atoms. The molecule has 1 saturated heterocycles. The van der Waals surface area contributed by atoms with E-state index in [1.807, 2.05) is 49.4 Å². The van der Waals surface area contributed by atoms with Crippen LogP contribution in [0.3, 0.4) is 0 Å². The van der Waals surface area contributed by atoms with Crippen molar-refractivity contribution >= 4 is 39.4 Å². The number of likely N-dealkylation sites (tertiary alicyclic amines) is 1. The zero-order chi connectivity index (χ0) is 26.7. The summed E-state index contributed by atoms with van der Waals surface area (Å²) in [4.78, 5) is 26.8. The fourth-order valence-corrected chi connectivity index (χ4v) is 6.26. The number of phenols is 1. The molecule has 0 saturated carbocycles. The average Bonchev–Trinajstić information content (AvgIpc) is 3.11. The number of hydrogen-bond acceptors (Lipinski definition) is 5. The van der Waals surface area contributed by atoms with Crippen LogP contribution >= 0.6 is 15.9 Å². The molecule has 7 heteroatoms. The van der Waals surface area contributed by atoms with Crippen molar-refractivity contribution in [1.82, 2.24) is 4.90 Å². The number of imide groups is 1. The number of carbonyl (C=O) groups excluding carboxylic acids is 2. The molecule has 1 aliphatic heterocycles. The molecule has 196 valence electrons. The number of rotatable bonds is 9. The summed E-state index contributed by atoms with van der Waals surface area (Å²) < 4.78 is 0.849. The molecule has 4 atom stereocenters. The van der Waals surface area contributed by atoms with Crippen LogP contribution in [0.5, 0.6) is 5.75 Å². The van der Waals surface area contributed by atoms with Gasteiger partial charge >= 0.3 is 0 Å². The Hall–Kier alpha value is -2.74. The maximum absolute atomic E-state index is 12.9. The van der Waals surface area contributed by atoms with Crippen LogP contribution in [0, 0.1) is 17.8 Å². The summed E-state index contributed by atoms with van der Waals surface area (Å²) >= 11 is 3.46. The molecule has 2 aromatic carbocycles. The quantitative estimate of drug-likeness (QED) is 0.220. The van der Waals surface area contributed by atoms with E-state index in [1.54, 1.807) is 12.1 Å². The van der Waals surface area contributed by atoms with E-state index in [1.165, 1.54) is 11.9 Å². The number of halogens is 1. The summed E-state index contributed by atoms with van der Waals surface area (Å²) in [6, 6.07) is 15.1. The molecule has 0 radical (unpaired) electrons. The highest BCUT2D eigenvalue weighted by molar-refractivity contribution is 9.10. The molecule has 6 nitrogen and oxygen atoms in total. The maximum atomic E-state index is 12.9. The molecular weight excluding hydrogens is 534 g/mol. The number of aromatic hydroxyl groups is 1. The predicted octanol–water partition coefficient (Wildman–Crippen LogP) is 5.18. The zero-order valence-corrected chi connectivity index (χ0v) is 22.8. The molecule has 0 unspecified atom stereocenters. The third kappa shape index (κ3) is 5.59. The topological polar surface area (TPSA) is 98.1 Å². The van der Waals surface area contributed by atoms with E-state index in [9.17, 15) is 24.9 Å². The van der Waals surface area contributed by atoms with Crippen LogP contribution in [0.4, 0.5) is 0 Å². The van der Waals surface area contributed by atoms with E-state index in [0.717, 1.165) is 33.2 Å². The van der Waals surface area contributed by atoms with Crippen molar-refractivity contribution in [3.8, 4) is 5.75 Å². The van der Waals surface area contributed by atoms with Crippen molar-refractivity contribution in [3.05, 3.63) is 75.3 Å². The lowest BCUT2D eigenvalue weighted by atomic mass is 9.67. The highest BCUT2D eigenvalue weighted by Gasteiger charge is 2.53. The van der Waals surface area contributed by atoms with Gasteiger partial charge in [0.15, 0.2) is 0 Å². The van der Waals surface area contributed by atoms with Gasteiger partial charge in [0.2, 0.25) is 11.8 Å². The number of benzene rings is 2. The molecule has 3 N–H and O–H groups in total. The summed E-state index contributed by atoms with van der Waals surface area (Å²) in [6.07, 6.45) is 3.96. The van der Waals surface area contributed by atoms with Gasteiger partial charge in [-0.3, -0.25) is 14.5 Å². The summed E-state index contributed by atoms with van der Waals surface area (Å²) in [5, 5.41) is 32.3. The van der Waals surface area contributed by atoms with Crippen LogP contribution in [0.25, 0.3) is 11.6 Å². The molecule has 0 bridgehead atoms. The van der Waals surface area contributed by atoms with Gasteiger partial charge in [-0.1, -0.05) is 65.2 Å². The molecule has 1 aliphatic carbocycles. The van der Waals surface area contributed by atoms with Crippen molar-refractivity contribution in [2.45, 2.75) is 45.1 Å². The monoisotopic (exact) mass is 567 g/mol. The third-order valence-corrected chi connectivity index (χ3v) is 8.16. The fraction of sp³-hybridized carbons (Fsp3) is 0.400. The Bertz CT molecular complexity index is 1220. The first-order chi connectivity index (χ1) is 17.8. The lowest BCUT2D eigenvalue weighted by Crippen LogP contribution is -2.39. The molecule has 2 aromatic rings. The van der Waals surface area contributed by atoms with E-state index < -0.39 is 23.9 Å². The van der Waals surface area contributed by atoms with E-state index in [-0.39, 0.29) is 24.2 Å². The molecule has 1 fully saturated rings. The highest BCUT2D eigenvalue weighted by Crippen LogP contribution is 2.47. The van der Waals surface area contributed by atoms with Gasteiger partial charge in [0.25, 0.3) is 0 Å². The Morgan fingerprint density at radius 1 is 1.16 bits per heavy atom. The molecule has 4 rings (SSSR count). The van der Waals surface area contributed by atoms with E-state index in [2.05, 4.69) is 15.9 Å². The predicted molar refractivity (Wildman–Crippen MR) is 147 cm³/mol. The Balaban J connectivity index is 1.66. The van der Waals surface area contributed by atoms with Crippen LogP contribution in [0.1, 0.15) is 50.2 Å². The van der Waals surface area contributed by atoms with Crippen molar-refractivity contribution in [1.29, 1.82) is 0 Å². The van der Waals surface area contributed by atoms with E-state index >= 15 is 0 Å². The van der Waals surface area contributed by atoms with Crippen molar-refractivity contribution in [2.75, 3.05) is 13.7 Å². The van der Waals surface area contributed by atoms with Gasteiger partial charge in [-0.25, -0.2) is 0 Å². The number of nitrogens with zero attached hydrogens (tertiary/aromatic N) is 1. The smallest absolute Gasteiger partial charge is 0.233 e. The van der Waals surface area contributed by atoms with Crippen LogP contribution in [0.15, 0.2) is 64.1 Å². The SMILES string of the molecule is CCCC1=C([C@H](O)CC/C(=C/c2cc(Br)ccc2O)c2ccccc2)[C@H](CO)[C@@H]2C(=O)N(C)C(=O)[C@@H]2C1. The number of carbonyl (C=O) groups is 2. The number of aliphatic hydroxyl groups excluding tert-OH is 2. The third-order valence-electron chi connectivity index (χ3n) is 7.66. The first-order valence-corrected chi connectivity index (χ1v) is 13.6. The van der Waals surface area contributed by atoms with Gasteiger partial charge in [-0.05, 0) is 66.7 Å². The Labute approximate surface area is 226 Å². The van der Waals surface area contributed by atoms with Gasteiger partial charge in [0, 0.05) is 23.0 Å². The van der Waals surface area contributed by atoms with Crippen molar-refractivity contribution in [2.24, 2.45) is 17.8 Å². The molecule has 0 aromatic heterocycles. The average molecular weight is 569 g/mol. The molecule has 2 aliphatic rings. The van der Waals surface area contributed by atoms with Crippen LogP contribution < -0.4 is 0 Å². The normalized spacial score (nSPS) is 23.0. The number of hydrogen-bond donors (Lipinski definition) is 3.